The van der Waals surface area contributed by atoms with Crippen molar-refractivity contribution in [2.24, 2.45) is 11.8 Å². The maximum Gasteiger partial charge on any atom is 0.475 e. The minimum atomic E-state index is -1.64. The summed E-state index contributed by atoms with van der Waals surface area (Å²) >= 11 is 0. The summed E-state index contributed by atoms with van der Waals surface area (Å²) in [5, 5.41) is 24.6. The molecule has 4 N–H and O–H groups in total. The van der Waals surface area contributed by atoms with Crippen LogP contribution in [-0.2, 0) is 17.8 Å². The van der Waals surface area contributed by atoms with Gasteiger partial charge in [0.1, 0.15) is 6.04 Å². The fourth-order valence-electron chi connectivity index (χ4n) is 3.46. The topological polar surface area (TPSA) is 102 Å². The number of nitrogens with zero attached hydrogens (tertiary/aromatic N) is 1. The van der Waals surface area contributed by atoms with Gasteiger partial charge in [0.2, 0.25) is 5.91 Å². The molecule has 0 saturated carbocycles. The second-order valence-corrected chi connectivity index (χ2v) is 8.27. The van der Waals surface area contributed by atoms with E-state index in [4.69, 9.17) is 0 Å². The molecule has 7 nitrogen and oxygen atoms in total. The third kappa shape index (κ3) is 5.97. The van der Waals surface area contributed by atoms with Crippen molar-refractivity contribution in [1.29, 1.82) is 0 Å². The molecule has 0 bridgehead atoms. The second kappa shape index (κ2) is 9.93. The molecule has 8 heteroatoms. The van der Waals surface area contributed by atoms with Crippen LogP contribution in [0.4, 0.5) is 4.79 Å². The van der Waals surface area contributed by atoms with Crippen molar-refractivity contribution >= 4 is 19.1 Å². The SMILES string of the molecule is CC(C)C[C@H](NC(=O)C(NC(=O)N1CCc2ccccc2C1)C(C)C)B(O)O. The van der Waals surface area contributed by atoms with Crippen molar-refractivity contribution in [3.05, 3.63) is 35.4 Å². The summed E-state index contributed by atoms with van der Waals surface area (Å²) in [5.41, 5.74) is 2.37. The molecule has 3 amide bonds. The van der Waals surface area contributed by atoms with Crippen molar-refractivity contribution in [3.8, 4) is 0 Å². The Morgan fingerprint density at radius 2 is 1.75 bits per heavy atom. The van der Waals surface area contributed by atoms with E-state index in [-0.39, 0.29) is 17.9 Å². The molecule has 154 valence electrons. The molecule has 1 aliphatic heterocycles. The number of amides is 3. The van der Waals surface area contributed by atoms with Crippen LogP contribution in [-0.4, -0.2) is 52.5 Å². The number of hydrogen-bond acceptors (Lipinski definition) is 4. The summed E-state index contributed by atoms with van der Waals surface area (Å²) in [6, 6.07) is 7.01. The van der Waals surface area contributed by atoms with Crippen LogP contribution in [0.25, 0.3) is 0 Å². The normalized spacial score (nSPS) is 15.8. The number of hydrogen-bond donors (Lipinski definition) is 4. The van der Waals surface area contributed by atoms with E-state index < -0.39 is 25.0 Å². The smallest absolute Gasteiger partial charge is 0.426 e. The highest BCUT2D eigenvalue weighted by molar-refractivity contribution is 6.43. The standard InChI is InChI=1S/C20H32BN3O4/c1-13(2)11-17(21(27)28)22-19(25)18(14(3)4)23-20(26)24-10-9-15-7-5-6-8-16(15)12-24/h5-8,13-14,17-18,27-28H,9-12H2,1-4H3,(H,22,25)(H,23,26)/t17-,18?/m0/s1. The number of carbonyl (C=O) groups excluding carboxylic acids is 2. The lowest BCUT2D eigenvalue weighted by molar-refractivity contribution is -0.124. The molecular weight excluding hydrogens is 357 g/mol. The molecule has 1 aromatic rings. The molecule has 1 unspecified atom stereocenters. The lowest BCUT2D eigenvalue weighted by Crippen LogP contribution is -2.57. The van der Waals surface area contributed by atoms with Crippen molar-refractivity contribution in [1.82, 2.24) is 15.5 Å². The first-order valence-corrected chi connectivity index (χ1v) is 9.97. The molecule has 1 heterocycles. The maximum atomic E-state index is 12.8. The van der Waals surface area contributed by atoms with Crippen LogP contribution in [0.1, 0.15) is 45.2 Å². The quantitative estimate of drug-likeness (QED) is 0.529. The third-order valence-electron chi connectivity index (χ3n) is 5.06. The predicted molar refractivity (Wildman–Crippen MR) is 109 cm³/mol. The van der Waals surface area contributed by atoms with Gasteiger partial charge in [0, 0.05) is 13.1 Å². The minimum Gasteiger partial charge on any atom is -0.426 e. The summed E-state index contributed by atoms with van der Waals surface area (Å²) in [5.74, 6) is -1.13. The Balaban J connectivity index is 2.01. The van der Waals surface area contributed by atoms with Crippen molar-refractivity contribution in [3.63, 3.8) is 0 Å². The zero-order chi connectivity index (χ0) is 20.8. The average Bonchev–Trinajstić information content (AvgIpc) is 2.64. The van der Waals surface area contributed by atoms with Gasteiger partial charge in [-0.3, -0.25) is 4.79 Å². The van der Waals surface area contributed by atoms with Gasteiger partial charge in [0.25, 0.3) is 0 Å². The molecule has 0 radical (unpaired) electrons. The van der Waals surface area contributed by atoms with Gasteiger partial charge in [-0.1, -0.05) is 52.0 Å². The number of rotatable bonds is 7. The molecule has 0 saturated heterocycles. The van der Waals surface area contributed by atoms with Gasteiger partial charge in [0.15, 0.2) is 0 Å². The van der Waals surface area contributed by atoms with E-state index in [1.807, 2.05) is 45.9 Å². The van der Waals surface area contributed by atoms with E-state index in [1.165, 1.54) is 5.56 Å². The van der Waals surface area contributed by atoms with Gasteiger partial charge < -0.3 is 25.6 Å². The predicted octanol–water partition coefficient (Wildman–Crippen LogP) is 1.32. The van der Waals surface area contributed by atoms with E-state index in [1.54, 1.807) is 4.90 Å². The van der Waals surface area contributed by atoms with Crippen LogP contribution < -0.4 is 10.6 Å². The zero-order valence-electron chi connectivity index (χ0n) is 17.2. The van der Waals surface area contributed by atoms with Gasteiger partial charge in [-0.2, -0.15) is 0 Å². The third-order valence-corrected chi connectivity index (χ3v) is 5.06. The molecule has 0 fully saturated rings. The zero-order valence-corrected chi connectivity index (χ0v) is 17.2. The molecule has 0 aliphatic carbocycles. The van der Waals surface area contributed by atoms with E-state index in [9.17, 15) is 19.6 Å². The van der Waals surface area contributed by atoms with Crippen LogP contribution >= 0.6 is 0 Å². The molecule has 2 rings (SSSR count). The average molecular weight is 389 g/mol. The van der Waals surface area contributed by atoms with Crippen LogP contribution in [0.2, 0.25) is 0 Å². The van der Waals surface area contributed by atoms with Gasteiger partial charge >= 0.3 is 13.1 Å². The monoisotopic (exact) mass is 389 g/mol. The largest absolute Gasteiger partial charge is 0.475 e. The molecule has 0 aromatic heterocycles. The van der Waals surface area contributed by atoms with Gasteiger partial charge in [0.05, 0.1) is 5.94 Å². The Labute approximate surface area is 167 Å². The summed E-state index contributed by atoms with van der Waals surface area (Å²) in [4.78, 5) is 27.2. The highest BCUT2D eigenvalue weighted by atomic mass is 16.4. The molecule has 0 spiro atoms. The van der Waals surface area contributed by atoms with Crippen LogP contribution in [0, 0.1) is 11.8 Å². The fraction of sp³-hybridized carbons (Fsp3) is 0.600. The summed E-state index contributed by atoms with van der Waals surface area (Å²) in [7, 11) is -1.64. The van der Waals surface area contributed by atoms with Crippen LogP contribution in [0.5, 0.6) is 0 Å². The Bertz CT molecular complexity index is 681. The lowest BCUT2D eigenvalue weighted by Gasteiger charge is -2.32. The summed E-state index contributed by atoms with van der Waals surface area (Å²) in [6.07, 6.45) is 1.22. The first-order valence-electron chi connectivity index (χ1n) is 9.97. The molecule has 1 aromatic carbocycles. The minimum absolute atomic E-state index is 0.142. The van der Waals surface area contributed by atoms with Crippen molar-refractivity contribution in [2.75, 3.05) is 6.54 Å². The fourth-order valence-corrected chi connectivity index (χ4v) is 3.46. The highest BCUT2D eigenvalue weighted by Gasteiger charge is 2.32. The number of nitrogens with one attached hydrogen (secondary N) is 2. The number of urea groups is 1. The van der Waals surface area contributed by atoms with E-state index in [2.05, 4.69) is 16.7 Å². The Kier molecular flexibility index (Phi) is 7.89. The number of carbonyl (C=O) groups is 2. The number of fused-ring (bicyclic) bond motifs is 1. The molecule has 1 aliphatic rings. The second-order valence-electron chi connectivity index (χ2n) is 8.27. The van der Waals surface area contributed by atoms with Gasteiger partial charge in [-0.25, -0.2) is 4.79 Å². The first kappa shape index (κ1) is 22.2. The van der Waals surface area contributed by atoms with Crippen molar-refractivity contribution < 1.29 is 19.6 Å². The van der Waals surface area contributed by atoms with E-state index in [0.717, 1.165) is 12.0 Å². The Hall–Kier alpha value is -2.06. The van der Waals surface area contributed by atoms with Crippen LogP contribution in [0.3, 0.4) is 0 Å². The Morgan fingerprint density at radius 3 is 2.32 bits per heavy atom. The lowest BCUT2D eigenvalue weighted by atomic mass is 9.75. The molecule has 2 atom stereocenters. The first-order chi connectivity index (χ1) is 13.2. The van der Waals surface area contributed by atoms with Gasteiger partial charge in [-0.15, -0.1) is 0 Å². The summed E-state index contributed by atoms with van der Waals surface area (Å²) in [6.45, 7) is 8.70. The highest BCUT2D eigenvalue weighted by Crippen LogP contribution is 2.19. The molecular formula is C20H32BN3O4. The van der Waals surface area contributed by atoms with E-state index >= 15 is 0 Å². The Morgan fingerprint density at radius 1 is 1.11 bits per heavy atom. The van der Waals surface area contributed by atoms with Gasteiger partial charge in [-0.05, 0) is 35.8 Å². The van der Waals surface area contributed by atoms with E-state index in [0.29, 0.717) is 19.5 Å². The number of benzene rings is 1. The van der Waals surface area contributed by atoms with Crippen molar-refractivity contribution in [2.45, 2.75) is 59.1 Å². The van der Waals surface area contributed by atoms with Crippen LogP contribution in [0.15, 0.2) is 24.3 Å². The summed E-state index contributed by atoms with van der Waals surface area (Å²) < 4.78 is 0. The molecule has 28 heavy (non-hydrogen) atoms. The maximum absolute atomic E-state index is 12.8.